The highest BCUT2D eigenvalue weighted by Crippen LogP contribution is 2.48. The summed E-state index contributed by atoms with van der Waals surface area (Å²) < 4.78 is 0. The number of Topliss-reactive ketones (excluding diaryl/α,β-unsaturated/α-hetero) is 1. The summed E-state index contributed by atoms with van der Waals surface area (Å²) in [5.74, 6) is -0.0799. The first-order chi connectivity index (χ1) is 11.4. The molecule has 0 saturated carbocycles. The molecule has 124 valence electrons. The van der Waals surface area contributed by atoms with Crippen molar-refractivity contribution in [1.82, 2.24) is 5.32 Å². The highest BCUT2D eigenvalue weighted by Gasteiger charge is 2.47. The van der Waals surface area contributed by atoms with Crippen molar-refractivity contribution in [3.8, 4) is 5.75 Å². The van der Waals surface area contributed by atoms with E-state index in [-0.39, 0.29) is 24.0 Å². The monoisotopic (exact) mass is 342 g/mol. The van der Waals surface area contributed by atoms with Gasteiger partial charge in [0, 0.05) is 11.9 Å². The van der Waals surface area contributed by atoms with E-state index in [0.29, 0.717) is 5.56 Å². The molecule has 0 aromatic heterocycles. The molecule has 1 aliphatic heterocycles. The fraction of sp³-hybridized carbons (Fsp3) is 0.222. The molecular formula is C18H18N2O3S. The van der Waals surface area contributed by atoms with E-state index in [0.717, 1.165) is 10.6 Å². The summed E-state index contributed by atoms with van der Waals surface area (Å²) >= 11 is 1.38. The maximum Gasteiger partial charge on any atom is 0.262 e. The number of para-hydroxylation sites is 1. The number of ketones is 1. The van der Waals surface area contributed by atoms with Crippen LogP contribution in [0.15, 0.2) is 53.4 Å². The van der Waals surface area contributed by atoms with E-state index in [9.17, 15) is 14.7 Å². The topological polar surface area (TPSA) is 69.6 Å². The Morgan fingerprint density at radius 3 is 2.54 bits per heavy atom. The van der Waals surface area contributed by atoms with E-state index in [1.807, 2.05) is 24.3 Å². The van der Waals surface area contributed by atoms with E-state index in [2.05, 4.69) is 5.32 Å². The highest BCUT2D eigenvalue weighted by molar-refractivity contribution is 8.01. The molecule has 2 N–H and O–H groups in total. The summed E-state index contributed by atoms with van der Waals surface area (Å²) in [6, 6.07) is 14.1. The summed E-state index contributed by atoms with van der Waals surface area (Å²) in [6.07, 6.45) is 0. The number of phenols is 1. The van der Waals surface area contributed by atoms with Gasteiger partial charge in [0.05, 0.1) is 12.2 Å². The quantitative estimate of drug-likeness (QED) is 0.893. The van der Waals surface area contributed by atoms with Crippen LogP contribution in [0.5, 0.6) is 5.75 Å². The number of nitrogens with zero attached hydrogens (tertiary/aromatic N) is 1. The second-order valence-corrected chi connectivity index (χ2v) is 6.97. The number of nitrogens with one attached hydrogen (secondary N) is 1. The van der Waals surface area contributed by atoms with Gasteiger partial charge in [-0.1, -0.05) is 36.0 Å². The van der Waals surface area contributed by atoms with Crippen LogP contribution in [0.25, 0.3) is 0 Å². The second kappa shape index (κ2) is 6.30. The van der Waals surface area contributed by atoms with Gasteiger partial charge in [-0.25, -0.2) is 0 Å². The van der Waals surface area contributed by atoms with Gasteiger partial charge in [-0.3, -0.25) is 14.9 Å². The molecule has 0 fully saturated rings. The fourth-order valence-electron chi connectivity index (χ4n) is 2.72. The van der Waals surface area contributed by atoms with E-state index in [1.165, 1.54) is 18.7 Å². The molecule has 0 aliphatic carbocycles. The van der Waals surface area contributed by atoms with Gasteiger partial charge >= 0.3 is 0 Å². The zero-order valence-electron chi connectivity index (χ0n) is 13.4. The van der Waals surface area contributed by atoms with Crippen molar-refractivity contribution < 1.29 is 14.7 Å². The highest BCUT2D eigenvalue weighted by atomic mass is 32.2. The number of carbonyl (C=O) groups is 2. The number of benzene rings is 2. The zero-order valence-corrected chi connectivity index (χ0v) is 14.3. The minimum Gasteiger partial charge on any atom is -0.508 e. The fourth-order valence-corrected chi connectivity index (χ4v) is 4.12. The molecule has 5 nitrogen and oxygen atoms in total. The second-order valence-electron chi connectivity index (χ2n) is 5.72. The molecule has 1 atom stereocenters. The van der Waals surface area contributed by atoms with Gasteiger partial charge < -0.3 is 10.0 Å². The molecule has 3 rings (SSSR count). The van der Waals surface area contributed by atoms with Crippen molar-refractivity contribution in [2.75, 3.05) is 18.5 Å². The molecule has 1 aliphatic rings. The number of amides is 1. The Kier molecular flexibility index (Phi) is 4.34. The van der Waals surface area contributed by atoms with Gasteiger partial charge in [-0.15, -0.1) is 0 Å². The van der Waals surface area contributed by atoms with Gasteiger partial charge in [0.15, 0.2) is 4.87 Å². The van der Waals surface area contributed by atoms with Crippen molar-refractivity contribution in [1.29, 1.82) is 0 Å². The third-order valence-corrected chi connectivity index (χ3v) is 5.38. The molecule has 0 radical (unpaired) electrons. The van der Waals surface area contributed by atoms with Crippen molar-refractivity contribution in [3.63, 3.8) is 0 Å². The average molecular weight is 342 g/mol. The van der Waals surface area contributed by atoms with Crippen LogP contribution in [0.1, 0.15) is 12.5 Å². The molecule has 2 aromatic carbocycles. The minimum absolute atomic E-state index is 0.0527. The number of aromatic hydroxyl groups is 1. The van der Waals surface area contributed by atoms with Crippen LogP contribution in [0.3, 0.4) is 0 Å². The average Bonchev–Trinajstić information content (AvgIpc) is 2.58. The van der Waals surface area contributed by atoms with Crippen molar-refractivity contribution in [3.05, 3.63) is 54.1 Å². The van der Waals surface area contributed by atoms with Crippen LogP contribution >= 0.6 is 11.8 Å². The maximum atomic E-state index is 13.2. The molecule has 1 amide bonds. The lowest BCUT2D eigenvalue weighted by atomic mass is 10.0. The molecular weight excluding hydrogens is 324 g/mol. The van der Waals surface area contributed by atoms with Crippen LogP contribution in [0.2, 0.25) is 0 Å². The number of rotatable bonds is 4. The summed E-state index contributed by atoms with van der Waals surface area (Å²) in [7, 11) is 1.73. The predicted octanol–water partition coefficient (Wildman–Crippen LogP) is 2.49. The van der Waals surface area contributed by atoms with Crippen LogP contribution < -0.4 is 10.2 Å². The van der Waals surface area contributed by atoms with E-state index in [1.54, 1.807) is 36.2 Å². The Hall–Kier alpha value is -2.31. The lowest BCUT2D eigenvalue weighted by Gasteiger charge is -2.41. The largest absolute Gasteiger partial charge is 0.508 e. The Morgan fingerprint density at radius 2 is 1.88 bits per heavy atom. The number of likely N-dealkylation sites (N-methyl/N-ethyl adjacent to an activating group) is 1. The molecule has 2 aromatic rings. The van der Waals surface area contributed by atoms with Gasteiger partial charge in [0.1, 0.15) is 11.5 Å². The lowest BCUT2D eigenvalue weighted by Crippen LogP contribution is -2.55. The third kappa shape index (κ3) is 2.79. The van der Waals surface area contributed by atoms with Crippen molar-refractivity contribution in [2.45, 2.75) is 16.7 Å². The summed E-state index contributed by atoms with van der Waals surface area (Å²) in [5.41, 5.74) is 1.53. The molecule has 0 saturated heterocycles. The molecule has 0 bridgehead atoms. The predicted molar refractivity (Wildman–Crippen MR) is 94.2 cm³/mol. The Morgan fingerprint density at radius 1 is 1.21 bits per heavy atom. The summed E-state index contributed by atoms with van der Waals surface area (Å²) in [5, 5.41) is 12.7. The maximum absolute atomic E-state index is 13.2. The summed E-state index contributed by atoms with van der Waals surface area (Å²) in [4.78, 5) is 26.1. The molecule has 0 spiro atoms. The number of hydrogen-bond donors (Lipinski definition) is 2. The Bertz CT molecular complexity index is 791. The zero-order chi connectivity index (χ0) is 17.3. The Balaban J connectivity index is 2.13. The minimum atomic E-state index is -1.11. The molecule has 1 unspecified atom stereocenters. The van der Waals surface area contributed by atoms with E-state index >= 15 is 0 Å². The van der Waals surface area contributed by atoms with Crippen LogP contribution in [0, 0.1) is 0 Å². The first kappa shape index (κ1) is 16.5. The van der Waals surface area contributed by atoms with Crippen LogP contribution in [-0.2, 0) is 14.5 Å². The van der Waals surface area contributed by atoms with Crippen molar-refractivity contribution >= 4 is 29.1 Å². The molecule has 1 heterocycles. The van der Waals surface area contributed by atoms with Gasteiger partial charge in [0.2, 0.25) is 0 Å². The number of thioether (sulfide) groups is 1. The normalized spacial score (nSPS) is 19.9. The van der Waals surface area contributed by atoms with Gasteiger partial charge in [-0.2, -0.15) is 0 Å². The smallest absolute Gasteiger partial charge is 0.262 e. The van der Waals surface area contributed by atoms with Crippen LogP contribution in [-0.4, -0.2) is 30.4 Å². The lowest BCUT2D eigenvalue weighted by molar-refractivity contribution is -0.122. The number of phenolic OH excluding ortho intramolecular Hbond substituents is 1. The third-order valence-electron chi connectivity index (χ3n) is 3.96. The van der Waals surface area contributed by atoms with Gasteiger partial charge in [0.25, 0.3) is 5.91 Å². The van der Waals surface area contributed by atoms with E-state index in [4.69, 9.17) is 0 Å². The first-order valence-electron chi connectivity index (χ1n) is 7.54. The van der Waals surface area contributed by atoms with E-state index < -0.39 is 4.87 Å². The Labute approximate surface area is 144 Å². The van der Waals surface area contributed by atoms with Crippen molar-refractivity contribution in [2.24, 2.45) is 0 Å². The standard InChI is InChI=1S/C18H18N2O3S/c1-12(21)11-19-18(13-7-9-14(22)10-8-13)17(23)20(2)15-5-3-4-6-16(15)24-18/h3-10,19,22H,11H2,1-2H3. The van der Waals surface area contributed by atoms with Crippen LogP contribution in [0.4, 0.5) is 5.69 Å². The number of fused-ring (bicyclic) bond motifs is 1. The first-order valence-corrected chi connectivity index (χ1v) is 8.36. The number of hydrogen-bond acceptors (Lipinski definition) is 5. The van der Waals surface area contributed by atoms with Gasteiger partial charge in [-0.05, 0) is 36.8 Å². The number of carbonyl (C=O) groups excluding carboxylic acids is 2. The molecule has 24 heavy (non-hydrogen) atoms. The SMILES string of the molecule is CC(=O)CNC1(c2ccc(O)cc2)Sc2ccccc2N(C)C1=O. The summed E-state index contributed by atoms with van der Waals surface area (Å²) in [6.45, 7) is 1.56. The number of anilines is 1. The molecule has 6 heteroatoms.